The quantitative estimate of drug-likeness (QED) is 0.167. The molecule has 0 bridgehead atoms. The van der Waals surface area contributed by atoms with Crippen LogP contribution in [0, 0.1) is 0 Å². The Morgan fingerprint density at radius 2 is 0.966 bits per heavy atom. The van der Waals surface area contributed by atoms with Crippen LogP contribution >= 0.6 is 22.7 Å². The van der Waals surface area contributed by atoms with E-state index in [9.17, 15) is 0 Å². The van der Waals surface area contributed by atoms with Crippen LogP contribution in [0.4, 0.5) is 17.1 Å². The standard InChI is InChI=1S/C54H33NOS2/c1-4-15-34(16-5-1)37-27-28-42-49(33-37)58-54-39(36-19-8-3-9-20-36)29-31-44(51(42)54)55(43-23-14-26-48-50(43)41-22-11-13-25-47(41)57-48)53-38(35-17-6-2-7-18-35)30-32-46-52(53)40-21-10-12-24-45(40)56-46/h1-33H. The first-order chi connectivity index (χ1) is 28.8. The molecular weight excluding hydrogens is 743 g/mol. The smallest absolute Gasteiger partial charge is 0.137 e. The molecule has 4 heteroatoms. The maximum absolute atomic E-state index is 6.70. The number of thiophene rings is 2. The zero-order valence-corrected chi connectivity index (χ0v) is 32.9. The summed E-state index contributed by atoms with van der Waals surface area (Å²) in [6, 6.07) is 72.6. The number of nitrogens with zero attached hydrogens (tertiary/aromatic N) is 1. The number of rotatable bonds is 6. The first kappa shape index (κ1) is 33.2. The molecule has 0 atom stereocenters. The molecule has 0 aliphatic carbocycles. The molecule has 0 fully saturated rings. The van der Waals surface area contributed by atoms with E-state index in [4.69, 9.17) is 4.42 Å². The summed E-state index contributed by atoms with van der Waals surface area (Å²) in [5.41, 5.74) is 12.3. The Bertz CT molecular complexity index is 3510. The maximum atomic E-state index is 6.70. The van der Waals surface area contributed by atoms with Crippen molar-refractivity contribution in [3.63, 3.8) is 0 Å². The number of hydrogen-bond donors (Lipinski definition) is 0. The van der Waals surface area contributed by atoms with Gasteiger partial charge in [0.1, 0.15) is 11.2 Å². The highest BCUT2D eigenvalue weighted by Gasteiger charge is 2.29. The lowest BCUT2D eigenvalue weighted by molar-refractivity contribution is 0.669. The second-order valence-corrected chi connectivity index (χ2v) is 16.9. The van der Waals surface area contributed by atoms with Crippen molar-refractivity contribution in [2.24, 2.45) is 0 Å². The third kappa shape index (κ3) is 5.16. The first-order valence-corrected chi connectivity index (χ1v) is 21.2. The fourth-order valence-electron chi connectivity index (χ4n) is 8.90. The van der Waals surface area contributed by atoms with Crippen molar-refractivity contribution in [1.29, 1.82) is 0 Å². The monoisotopic (exact) mass is 775 g/mol. The third-order valence-corrected chi connectivity index (χ3v) is 13.8. The van der Waals surface area contributed by atoms with Gasteiger partial charge in [0.2, 0.25) is 0 Å². The van der Waals surface area contributed by atoms with E-state index < -0.39 is 0 Å². The predicted octanol–water partition coefficient (Wildman–Crippen LogP) is 16.8. The van der Waals surface area contributed by atoms with Gasteiger partial charge in [-0.05, 0) is 76.3 Å². The molecule has 0 saturated heterocycles. The average Bonchev–Trinajstić information content (AvgIpc) is 3.99. The van der Waals surface area contributed by atoms with Crippen LogP contribution in [0.1, 0.15) is 0 Å². The van der Waals surface area contributed by atoms with Gasteiger partial charge in [-0.1, -0.05) is 152 Å². The molecule has 9 aromatic carbocycles. The average molecular weight is 776 g/mol. The van der Waals surface area contributed by atoms with Crippen molar-refractivity contribution in [2.75, 3.05) is 4.90 Å². The molecule has 3 heterocycles. The van der Waals surface area contributed by atoms with Crippen molar-refractivity contribution in [1.82, 2.24) is 0 Å². The fraction of sp³-hybridized carbons (Fsp3) is 0. The molecule has 272 valence electrons. The van der Waals surface area contributed by atoms with Crippen LogP contribution < -0.4 is 4.90 Å². The van der Waals surface area contributed by atoms with Crippen LogP contribution in [0.2, 0.25) is 0 Å². The Labute approximate surface area is 343 Å². The third-order valence-electron chi connectivity index (χ3n) is 11.5. The summed E-state index contributed by atoms with van der Waals surface area (Å²) < 4.78 is 11.8. The lowest BCUT2D eigenvalue weighted by Crippen LogP contribution is -2.12. The molecule has 58 heavy (non-hydrogen) atoms. The van der Waals surface area contributed by atoms with Crippen LogP contribution in [-0.4, -0.2) is 0 Å². The minimum atomic E-state index is 0.864. The molecule has 0 amide bonds. The summed E-state index contributed by atoms with van der Waals surface area (Å²) in [6.45, 7) is 0. The van der Waals surface area contributed by atoms with Gasteiger partial charge < -0.3 is 9.32 Å². The molecule has 0 aliphatic rings. The number of hydrogen-bond acceptors (Lipinski definition) is 4. The molecular formula is C54H33NOS2. The Hall–Kier alpha value is -6.98. The normalized spacial score (nSPS) is 11.8. The largest absolute Gasteiger partial charge is 0.456 e. The van der Waals surface area contributed by atoms with Gasteiger partial charge in [-0.2, -0.15) is 0 Å². The molecule has 12 rings (SSSR count). The molecule has 3 aromatic heterocycles. The molecule has 0 saturated carbocycles. The van der Waals surface area contributed by atoms with Crippen molar-refractivity contribution < 1.29 is 4.42 Å². The molecule has 2 nitrogen and oxygen atoms in total. The maximum Gasteiger partial charge on any atom is 0.137 e. The number of para-hydroxylation sites is 1. The van der Waals surface area contributed by atoms with E-state index in [1.807, 2.05) is 22.7 Å². The molecule has 0 N–H and O–H groups in total. The Morgan fingerprint density at radius 3 is 1.76 bits per heavy atom. The van der Waals surface area contributed by atoms with E-state index in [1.54, 1.807) is 0 Å². The zero-order valence-electron chi connectivity index (χ0n) is 31.2. The number of anilines is 3. The SMILES string of the molecule is c1ccc(-c2ccc3c(c2)sc2c(-c4ccccc4)ccc(N(c4c(-c5ccccc5)ccc5oc6ccccc6c45)c4cccc5sc6ccccc6c45)c23)cc1. The summed E-state index contributed by atoms with van der Waals surface area (Å²) in [5.74, 6) is 0. The van der Waals surface area contributed by atoms with Gasteiger partial charge in [-0.15, -0.1) is 22.7 Å². The van der Waals surface area contributed by atoms with Gasteiger partial charge >= 0.3 is 0 Å². The second kappa shape index (κ2) is 13.3. The lowest BCUT2D eigenvalue weighted by atomic mass is 9.95. The fourth-order valence-corrected chi connectivity index (χ4v) is 11.3. The predicted molar refractivity (Wildman–Crippen MR) is 250 cm³/mol. The molecule has 0 aliphatic heterocycles. The van der Waals surface area contributed by atoms with Gasteiger partial charge in [0.25, 0.3) is 0 Å². The van der Waals surface area contributed by atoms with E-state index >= 15 is 0 Å². The summed E-state index contributed by atoms with van der Waals surface area (Å²) in [7, 11) is 0. The van der Waals surface area contributed by atoms with Gasteiger partial charge in [0.05, 0.1) is 22.4 Å². The van der Waals surface area contributed by atoms with E-state index in [1.165, 1.54) is 62.6 Å². The highest BCUT2D eigenvalue weighted by molar-refractivity contribution is 7.26. The van der Waals surface area contributed by atoms with Crippen LogP contribution in [-0.2, 0) is 0 Å². The molecule has 0 radical (unpaired) electrons. The lowest BCUT2D eigenvalue weighted by Gasteiger charge is -2.30. The van der Waals surface area contributed by atoms with Gasteiger partial charge in [0.15, 0.2) is 0 Å². The highest BCUT2D eigenvalue weighted by Crippen LogP contribution is 2.55. The van der Waals surface area contributed by atoms with Crippen LogP contribution in [0.5, 0.6) is 0 Å². The van der Waals surface area contributed by atoms with E-state index in [2.05, 4.69) is 205 Å². The molecule has 0 unspecified atom stereocenters. The first-order valence-electron chi connectivity index (χ1n) is 19.6. The minimum absolute atomic E-state index is 0.864. The van der Waals surface area contributed by atoms with E-state index in [0.717, 1.165) is 50.1 Å². The Morgan fingerprint density at radius 1 is 0.345 bits per heavy atom. The minimum Gasteiger partial charge on any atom is -0.456 e. The van der Waals surface area contributed by atoms with E-state index in [0.29, 0.717) is 0 Å². The van der Waals surface area contributed by atoms with Gasteiger partial charge in [-0.3, -0.25) is 0 Å². The van der Waals surface area contributed by atoms with E-state index in [-0.39, 0.29) is 0 Å². The van der Waals surface area contributed by atoms with Gasteiger partial charge in [-0.25, -0.2) is 0 Å². The summed E-state index contributed by atoms with van der Waals surface area (Å²) >= 11 is 3.74. The molecule has 12 aromatic rings. The van der Waals surface area contributed by atoms with Crippen LogP contribution in [0.3, 0.4) is 0 Å². The second-order valence-electron chi connectivity index (χ2n) is 14.8. The highest BCUT2D eigenvalue weighted by atomic mass is 32.1. The van der Waals surface area contributed by atoms with Crippen LogP contribution in [0.25, 0.3) is 95.7 Å². The zero-order chi connectivity index (χ0) is 38.2. The molecule has 0 spiro atoms. The van der Waals surface area contributed by atoms with Crippen molar-refractivity contribution in [2.45, 2.75) is 0 Å². The summed E-state index contributed by atoms with van der Waals surface area (Å²) in [5, 5.41) is 7.18. The number of fused-ring (bicyclic) bond motifs is 9. The van der Waals surface area contributed by atoms with Crippen molar-refractivity contribution >= 4 is 102 Å². The topological polar surface area (TPSA) is 16.4 Å². The van der Waals surface area contributed by atoms with Crippen molar-refractivity contribution in [3.8, 4) is 33.4 Å². The summed E-state index contributed by atoms with van der Waals surface area (Å²) in [4.78, 5) is 2.57. The van der Waals surface area contributed by atoms with Gasteiger partial charge in [0, 0.05) is 51.3 Å². The number of benzene rings is 9. The number of furan rings is 1. The van der Waals surface area contributed by atoms with Crippen LogP contribution in [0.15, 0.2) is 205 Å². The Balaban J connectivity index is 1.27. The van der Waals surface area contributed by atoms with Crippen molar-refractivity contribution in [3.05, 3.63) is 200 Å². The Kier molecular flexibility index (Phi) is 7.62. The summed E-state index contributed by atoms with van der Waals surface area (Å²) in [6.07, 6.45) is 0.